The van der Waals surface area contributed by atoms with Gasteiger partial charge in [-0.3, -0.25) is 4.79 Å². The molecular weight excluding hydrogens is 276 g/mol. The van der Waals surface area contributed by atoms with E-state index in [1.807, 2.05) is 32.5 Å². The largest absolute Gasteiger partial charge is 0.481 e. The Labute approximate surface area is 125 Å². The number of hydrogen-bond acceptors (Lipinski definition) is 3. The monoisotopic (exact) mass is 302 g/mol. The molecule has 0 aromatic heterocycles. The van der Waals surface area contributed by atoms with E-state index in [0.717, 1.165) is 0 Å². The zero-order valence-electron chi connectivity index (χ0n) is 13.0. The first-order valence-corrected chi connectivity index (χ1v) is 7.96. The van der Waals surface area contributed by atoms with Crippen LogP contribution in [0.1, 0.15) is 41.0 Å². The summed E-state index contributed by atoms with van der Waals surface area (Å²) in [5.41, 5.74) is -0.282. The number of nitrogens with zero attached hydrogens (tertiary/aromatic N) is 1. The lowest BCUT2D eigenvalue weighted by atomic mass is 9.85. The van der Waals surface area contributed by atoms with Crippen LogP contribution in [-0.4, -0.2) is 51.6 Å². The average Bonchev–Trinajstić information content (AvgIpc) is 2.24. The smallest absolute Gasteiger partial charge is 0.317 e. The van der Waals surface area contributed by atoms with Crippen molar-refractivity contribution >= 4 is 23.8 Å². The first-order chi connectivity index (χ1) is 9.09. The molecule has 20 heavy (non-hydrogen) atoms. The van der Waals surface area contributed by atoms with E-state index in [9.17, 15) is 9.59 Å². The standard InChI is InChI=1S/C14H26N2O3S/c1-9-7-16(8-10(2)20-9)13(19)15-11(6-12(17)18)14(3,4)5/h9-11H,6-8H2,1-5H3,(H,15,19)(H,17,18). The molecule has 5 nitrogen and oxygen atoms in total. The topological polar surface area (TPSA) is 69.6 Å². The van der Waals surface area contributed by atoms with Crippen molar-refractivity contribution in [3.05, 3.63) is 0 Å². The molecule has 1 saturated heterocycles. The molecule has 0 aliphatic carbocycles. The summed E-state index contributed by atoms with van der Waals surface area (Å²) in [4.78, 5) is 25.1. The number of urea groups is 1. The van der Waals surface area contributed by atoms with E-state index in [4.69, 9.17) is 5.11 Å². The Morgan fingerprint density at radius 1 is 1.30 bits per heavy atom. The third-order valence-electron chi connectivity index (χ3n) is 3.43. The second-order valence-electron chi connectivity index (χ2n) is 6.63. The van der Waals surface area contributed by atoms with E-state index < -0.39 is 5.97 Å². The van der Waals surface area contributed by atoms with Crippen LogP contribution in [0.4, 0.5) is 4.79 Å². The first-order valence-electron chi connectivity index (χ1n) is 7.02. The van der Waals surface area contributed by atoms with Crippen molar-refractivity contribution in [3.8, 4) is 0 Å². The molecule has 0 aromatic rings. The van der Waals surface area contributed by atoms with Gasteiger partial charge in [-0.25, -0.2) is 4.79 Å². The molecule has 2 N–H and O–H groups in total. The third kappa shape index (κ3) is 5.23. The average molecular weight is 302 g/mol. The molecule has 3 unspecified atom stereocenters. The lowest BCUT2D eigenvalue weighted by Gasteiger charge is -2.37. The molecule has 0 bridgehead atoms. The van der Waals surface area contributed by atoms with Crippen LogP contribution in [0.5, 0.6) is 0 Å². The minimum Gasteiger partial charge on any atom is -0.481 e. The molecule has 2 amide bonds. The van der Waals surface area contributed by atoms with Gasteiger partial charge in [-0.1, -0.05) is 34.6 Å². The van der Waals surface area contributed by atoms with Gasteiger partial charge in [0.2, 0.25) is 0 Å². The molecule has 1 rings (SSSR count). The number of hydrogen-bond donors (Lipinski definition) is 2. The number of aliphatic carboxylic acids is 1. The van der Waals surface area contributed by atoms with Crippen molar-refractivity contribution in [2.45, 2.75) is 57.6 Å². The summed E-state index contributed by atoms with van der Waals surface area (Å²) in [5, 5.41) is 12.7. The van der Waals surface area contributed by atoms with E-state index in [1.54, 1.807) is 4.90 Å². The Morgan fingerprint density at radius 2 is 1.80 bits per heavy atom. The molecule has 1 aliphatic heterocycles. The summed E-state index contributed by atoms with van der Waals surface area (Å²) in [6, 6.07) is -0.516. The number of carboxylic acids is 1. The Kier molecular flexibility index (Phi) is 5.74. The van der Waals surface area contributed by atoms with Gasteiger partial charge in [-0.2, -0.15) is 11.8 Å². The highest BCUT2D eigenvalue weighted by molar-refractivity contribution is 8.00. The van der Waals surface area contributed by atoms with Crippen LogP contribution >= 0.6 is 11.8 Å². The summed E-state index contributed by atoms with van der Waals surface area (Å²) >= 11 is 1.88. The van der Waals surface area contributed by atoms with Crippen molar-refractivity contribution < 1.29 is 14.7 Å². The van der Waals surface area contributed by atoms with Gasteiger partial charge < -0.3 is 15.3 Å². The van der Waals surface area contributed by atoms with E-state index in [-0.39, 0.29) is 23.9 Å². The molecule has 3 atom stereocenters. The van der Waals surface area contributed by atoms with E-state index >= 15 is 0 Å². The molecule has 116 valence electrons. The van der Waals surface area contributed by atoms with Crippen LogP contribution in [0, 0.1) is 5.41 Å². The minimum atomic E-state index is -0.888. The van der Waals surface area contributed by atoms with Gasteiger partial charge in [0.25, 0.3) is 0 Å². The van der Waals surface area contributed by atoms with Gasteiger partial charge in [0.1, 0.15) is 0 Å². The van der Waals surface area contributed by atoms with Crippen molar-refractivity contribution in [3.63, 3.8) is 0 Å². The maximum atomic E-state index is 12.3. The SMILES string of the molecule is CC1CN(C(=O)NC(CC(=O)O)C(C)(C)C)CC(C)S1. The van der Waals surface area contributed by atoms with E-state index in [1.165, 1.54) is 0 Å². The third-order valence-corrected chi connectivity index (χ3v) is 4.66. The fourth-order valence-electron chi connectivity index (χ4n) is 2.33. The fourth-order valence-corrected chi connectivity index (χ4v) is 3.66. The number of carbonyl (C=O) groups excluding carboxylic acids is 1. The van der Waals surface area contributed by atoms with Crippen molar-refractivity contribution in [1.82, 2.24) is 10.2 Å². The summed E-state index contributed by atoms with van der Waals surface area (Å²) in [6.07, 6.45) is -0.0526. The summed E-state index contributed by atoms with van der Waals surface area (Å²) in [7, 11) is 0. The van der Waals surface area contributed by atoms with Gasteiger partial charge in [0.15, 0.2) is 0 Å². The van der Waals surface area contributed by atoms with Gasteiger partial charge in [-0.15, -0.1) is 0 Å². The Morgan fingerprint density at radius 3 is 2.20 bits per heavy atom. The van der Waals surface area contributed by atoms with Crippen LogP contribution in [0.3, 0.4) is 0 Å². The zero-order valence-corrected chi connectivity index (χ0v) is 13.8. The van der Waals surface area contributed by atoms with Crippen molar-refractivity contribution in [2.75, 3.05) is 13.1 Å². The highest BCUT2D eigenvalue weighted by Gasteiger charge is 2.32. The molecule has 0 radical (unpaired) electrons. The van der Waals surface area contributed by atoms with E-state index in [0.29, 0.717) is 23.6 Å². The summed E-state index contributed by atoms with van der Waals surface area (Å²) in [5.74, 6) is -0.888. The van der Waals surface area contributed by atoms with E-state index in [2.05, 4.69) is 19.2 Å². The molecule has 6 heteroatoms. The molecule has 1 fully saturated rings. The highest BCUT2D eigenvalue weighted by Crippen LogP contribution is 2.26. The van der Waals surface area contributed by atoms with Gasteiger partial charge in [0.05, 0.1) is 6.42 Å². The number of nitrogens with one attached hydrogen (secondary N) is 1. The maximum Gasteiger partial charge on any atom is 0.317 e. The Bertz CT molecular complexity index is 358. The second kappa shape index (κ2) is 6.70. The van der Waals surface area contributed by atoms with Crippen LogP contribution < -0.4 is 5.32 Å². The minimum absolute atomic E-state index is 0.0526. The summed E-state index contributed by atoms with van der Waals surface area (Å²) < 4.78 is 0. The predicted molar refractivity (Wildman–Crippen MR) is 82.1 cm³/mol. The number of carboxylic acid groups (broad SMARTS) is 1. The Balaban J connectivity index is 2.68. The lowest BCUT2D eigenvalue weighted by Crippen LogP contribution is -2.54. The fraction of sp³-hybridized carbons (Fsp3) is 0.857. The molecule has 0 saturated carbocycles. The van der Waals surface area contributed by atoms with Crippen molar-refractivity contribution in [1.29, 1.82) is 0 Å². The number of thioether (sulfide) groups is 1. The number of carbonyl (C=O) groups is 2. The zero-order chi connectivity index (χ0) is 15.5. The molecule has 0 aromatic carbocycles. The lowest BCUT2D eigenvalue weighted by molar-refractivity contribution is -0.138. The number of amides is 2. The van der Waals surface area contributed by atoms with Crippen LogP contribution in [-0.2, 0) is 4.79 Å². The first kappa shape index (κ1) is 17.1. The molecule has 0 spiro atoms. The van der Waals surface area contributed by atoms with Crippen LogP contribution in [0.2, 0.25) is 0 Å². The molecule has 1 aliphatic rings. The maximum absolute atomic E-state index is 12.3. The van der Waals surface area contributed by atoms with Crippen LogP contribution in [0.15, 0.2) is 0 Å². The quantitative estimate of drug-likeness (QED) is 0.840. The Hall–Kier alpha value is -0.910. The normalized spacial score (nSPS) is 25.1. The van der Waals surface area contributed by atoms with Gasteiger partial charge in [0, 0.05) is 29.6 Å². The molecular formula is C14H26N2O3S. The van der Waals surface area contributed by atoms with Gasteiger partial charge in [-0.05, 0) is 5.41 Å². The highest BCUT2D eigenvalue weighted by atomic mass is 32.2. The summed E-state index contributed by atoms with van der Waals surface area (Å²) in [6.45, 7) is 11.5. The van der Waals surface area contributed by atoms with Gasteiger partial charge >= 0.3 is 12.0 Å². The molecule has 1 heterocycles. The van der Waals surface area contributed by atoms with Crippen molar-refractivity contribution in [2.24, 2.45) is 5.41 Å². The second-order valence-corrected chi connectivity index (χ2v) is 8.51. The number of rotatable bonds is 3. The van der Waals surface area contributed by atoms with Crippen LogP contribution in [0.25, 0.3) is 0 Å². The predicted octanol–water partition coefficient (Wildman–Crippen LogP) is 2.41.